The highest BCUT2D eigenvalue weighted by molar-refractivity contribution is 5.73. The Morgan fingerprint density at radius 2 is 1.95 bits per heavy atom. The van der Waals surface area contributed by atoms with E-state index in [-0.39, 0.29) is 6.03 Å². The Morgan fingerprint density at radius 3 is 2.57 bits per heavy atom. The molecule has 0 radical (unpaired) electrons. The molecule has 1 heterocycles. The number of carbonyl (C=O) groups excluding carboxylic acids is 1. The monoisotopic (exact) mass is 288 g/mol. The van der Waals surface area contributed by atoms with E-state index in [0.717, 1.165) is 29.1 Å². The number of nitrogens with one attached hydrogen (secondary N) is 2. The zero-order valence-corrected chi connectivity index (χ0v) is 12.3. The van der Waals surface area contributed by atoms with Crippen LogP contribution in [0.5, 0.6) is 5.75 Å². The molecule has 5 heteroatoms. The quantitative estimate of drug-likeness (QED) is 0.859. The second kappa shape index (κ2) is 7.38. The second-order valence-corrected chi connectivity index (χ2v) is 4.71. The van der Waals surface area contributed by atoms with Crippen LogP contribution in [0.2, 0.25) is 0 Å². The molecule has 2 rings (SSSR count). The molecule has 0 saturated carbocycles. The second-order valence-electron chi connectivity index (χ2n) is 4.71. The van der Waals surface area contributed by atoms with Gasteiger partial charge in [0.15, 0.2) is 0 Å². The van der Waals surface area contributed by atoms with Crippen LogP contribution in [0.25, 0.3) is 0 Å². The smallest absolute Gasteiger partial charge is 0.315 e. The maximum Gasteiger partial charge on any atom is 0.315 e. The van der Waals surface area contributed by atoms with Crippen molar-refractivity contribution in [1.29, 1.82) is 0 Å². The molecule has 0 fully saturated rings. The highest BCUT2D eigenvalue weighted by Gasteiger charge is 2.04. The Morgan fingerprint density at radius 1 is 1.19 bits per heavy atom. The van der Waals surface area contributed by atoms with Crippen LogP contribution in [0.3, 0.4) is 0 Å². The third-order valence-electron chi connectivity index (χ3n) is 3.26. The van der Waals surface area contributed by atoms with E-state index >= 15 is 0 Å². The Labute approximate surface area is 124 Å². The first-order valence-electron chi connectivity index (χ1n) is 6.86. The first-order valence-corrected chi connectivity index (χ1v) is 6.86. The van der Waals surface area contributed by atoms with E-state index in [1.54, 1.807) is 13.4 Å². The molecule has 0 atom stereocenters. The zero-order chi connectivity index (χ0) is 15.1. The minimum absolute atomic E-state index is 0.177. The number of benzene rings is 1. The van der Waals surface area contributed by atoms with Gasteiger partial charge in [0.05, 0.1) is 13.4 Å². The Balaban J connectivity index is 1.68. The van der Waals surface area contributed by atoms with Gasteiger partial charge in [-0.1, -0.05) is 12.1 Å². The summed E-state index contributed by atoms with van der Waals surface area (Å²) >= 11 is 0. The summed E-state index contributed by atoms with van der Waals surface area (Å²) in [4.78, 5) is 11.7. The molecule has 1 aromatic heterocycles. The van der Waals surface area contributed by atoms with Crippen molar-refractivity contribution < 1.29 is 13.9 Å². The van der Waals surface area contributed by atoms with Crippen molar-refractivity contribution in [3.05, 3.63) is 53.5 Å². The molecule has 1 aromatic carbocycles. The molecule has 0 aliphatic heterocycles. The lowest BCUT2D eigenvalue weighted by atomic mass is 10.1. The normalized spacial score (nSPS) is 10.2. The van der Waals surface area contributed by atoms with E-state index in [1.165, 1.54) is 0 Å². The fraction of sp³-hybridized carbons (Fsp3) is 0.312. The number of amides is 2. The molecule has 21 heavy (non-hydrogen) atoms. The molecule has 0 spiro atoms. The molecule has 2 amide bonds. The fourth-order valence-corrected chi connectivity index (χ4v) is 1.95. The lowest BCUT2D eigenvalue weighted by Gasteiger charge is -2.07. The summed E-state index contributed by atoms with van der Waals surface area (Å²) in [5.41, 5.74) is 2.14. The number of rotatable bonds is 6. The van der Waals surface area contributed by atoms with Crippen LogP contribution >= 0.6 is 0 Å². The van der Waals surface area contributed by atoms with Gasteiger partial charge in [0.25, 0.3) is 0 Å². The van der Waals surface area contributed by atoms with Crippen LogP contribution in [0, 0.1) is 6.92 Å². The van der Waals surface area contributed by atoms with Gasteiger partial charge in [-0.2, -0.15) is 0 Å². The van der Waals surface area contributed by atoms with Crippen molar-refractivity contribution in [1.82, 2.24) is 10.6 Å². The van der Waals surface area contributed by atoms with Crippen LogP contribution in [0.1, 0.15) is 16.9 Å². The highest BCUT2D eigenvalue weighted by Crippen LogP contribution is 2.11. The van der Waals surface area contributed by atoms with Crippen molar-refractivity contribution in [3.63, 3.8) is 0 Å². The van der Waals surface area contributed by atoms with Crippen molar-refractivity contribution in [2.75, 3.05) is 13.7 Å². The van der Waals surface area contributed by atoms with E-state index in [0.29, 0.717) is 13.1 Å². The topological polar surface area (TPSA) is 63.5 Å². The number of methoxy groups -OCH3 is 1. The summed E-state index contributed by atoms with van der Waals surface area (Å²) in [5.74, 6) is 1.66. The number of hydrogen-bond acceptors (Lipinski definition) is 3. The highest BCUT2D eigenvalue weighted by atomic mass is 16.5. The molecule has 2 N–H and O–H groups in total. The summed E-state index contributed by atoms with van der Waals surface area (Å²) in [6.45, 7) is 2.93. The third kappa shape index (κ3) is 4.56. The third-order valence-corrected chi connectivity index (χ3v) is 3.26. The molecular formula is C16H20N2O3. The summed E-state index contributed by atoms with van der Waals surface area (Å²) in [5, 5.41) is 5.63. The molecule has 0 unspecified atom stereocenters. The Kier molecular flexibility index (Phi) is 5.26. The molecule has 0 aliphatic rings. The van der Waals surface area contributed by atoms with Gasteiger partial charge >= 0.3 is 6.03 Å². The molecule has 2 aromatic rings. The van der Waals surface area contributed by atoms with Crippen LogP contribution in [0.4, 0.5) is 4.79 Å². The number of urea groups is 1. The van der Waals surface area contributed by atoms with E-state index in [1.807, 2.05) is 37.3 Å². The predicted octanol–water partition coefficient (Wildman–Crippen LogP) is 2.64. The van der Waals surface area contributed by atoms with Gasteiger partial charge in [-0.25, -0.2) is 4.79 Å². The minimum Gasteiger partial charge on any atom is -0.497 e. The SMILES string of the molecule is COc1ccc(CCNC(=O)NCc2ccoc2C)cc1. The number of aryl methyl sites for hydroxylation is 1. The molecule has 0 bridgehead atoms. The minimum atomic E-state index is -0.177. The first-order chi connectivity index (χ1) is 10.2. The average molecular weight is 288 g/mol. The number of furan rings is 1. The summed E-state index contributed by atoms with van der Waals surface area (Å²) in [6.07, 6.45) is 2.40. The van der Waals surface area contributed by atoms with Crippen molar-refractivity contribution in [2.45, 2.75) is 19.9 Å². The maximum atomic E-state index is 11.7. The fourth-order valence-electron chi connectivity index (χ4n) is 1.95. The van der Waals surface area contributed by atoms with Gasteiger partial charge in [-0.05, 0) is 37.1 Å². The van der Waals surface area contributed by atoms with Crippen LogP contribution < -0.4 is 15.4 Å². The first kappa shape index (κ1) is 15.0. The lowest BCUT2D eigenvalue weighted by Crippen LogP contribution is -2.36. The molecule has 0 aliphatic carbocycles. The van der Waals surface area contributed by atoms with E-state index in [4.69, 9.17) is 9.15 Å². The molecule has 5 nitrogen and oxygen atoms in total. The average Bonchev–Trinajstić information content (AvgIpc) is 2.91. The van der Waals surface area contributed by atoms with Crippen molar-refractivity contribution in [3.8, 4) is 5.75 Å². The maximum absolute atomic E-state index is 11.7. The Bertz CT molecular complexity index is 575. The summed E-state index contributed by atoms with van der Waals surface area (Å²) < 4.78 is 10.3. The van der Waals surface area contributed by atoms with E-state index < -0.39 is 0 Å². The summed E-state index contributed by atoms with van der Waals surface area (Å²) in [6, 6.07) is 9.49. The van der Waals surface area contributed by atoms with Gasteiger partial charge in [-0.15, -0.1) is 0 Å². The van der Waals surface area contributed by atoms with Crippen LogP contribution in [0.15, 0.2) is 41.0 Å². The van der Waals surface area contributed by atoms with Gasteiger partial charge in [0.2, 0.25) is 0 Å². The van der Waals surface area contributed by atoms with E-state index in [9.17, 15) is 4.79 Å². The summed E-state index contributed by atoms with van der Waals surface area (Å²) in [7, 11) is 1.64. The van der Waals surface area contributed by atoms with Crippen molar-refractivity contribution >= 4 is 6.03 Å². The molecule has 112 valence electrons. The van der Waals surface area contributed by atoms with Gasteiger partial charge in [-0.3, -0.25) is 0 Å². The standard InChI is InChI=1S/C16H20N2O3/c1-12-14(8-10-21-12)11-18-16(19)17-9-7-13-3-5-15(20-2)6-4-13/h3-6,8,10H,7,9,11H2,1-2H3,(H2,17,18,19). The predicted molar refractivity (Wildman–Crippen MR) is 80.4 cm³/mol. The van der Waals surface area contributed by atoms with E-state index in [2.05, 4.69) is 10.6 Å². The van der Waals surface area contributed by atoms with Crippen molar-refractivity contribution in [2.24, 2.45) is 0 Å². The van der Waals surface area contributed by atoms with Crippen LogP contribution in [-0.4, -0.2) is 19.7 Å². The number of ether oxygens (including phenoxy) is 1. The van der Waals surface area contributed by atoms with Gasteiger partial charge < -0.3 is 19.8 Å². The Hall–Kier alpha value is -2.43. The largest absolute Gasteiger partial charge is 0.497 e. The molecule has 0 saturated heterocycles. The zero-order valence-electron chi connectivity index (χ0n) is 12.3. The molecular weight excluding hydrogens is 268 g/mol. The van der Waals surface area contributed by atoms with Crippen LogP contribution in [-0.2, 0) is 13.0 Å². The number of hydrogen-bond donors (Lipinski definition) is 2. The number of carbonyl (C=O) groups is 1. The van der Waals surface area contributed by atoms with Gasteiger partial charge in [0.1, 0.15) is 11.5 Å². The lowest BCUT2D eigenvalue weighted by molar-refractivity contribution is 0.240. The van der Waals surface area contributed by atoms with Gasteiger partial charge in [0, 0.05) is 18.7 Å².